The SMILES string of the molecule is CC1(C)c2ccccc2-c2c(ssc2=S)N1C(=O)COc1nc2ccccc2s1. The summed E-state index contributed by atoms with van der Waals surface area (Å²) < 4.78 is 7.67. The molecule has 0 radical (unpaired) electrons. The summed E-state index contributed by atoms with van der Waals surface area (Å²) in [6.45, 7) is 4.07. The Labute approximate surface area is 184 Å². The fraction of sp³-hybridized carbons (Fsp3) is 0.190. The van der Waals surface area contributed by atoms with Crippen LogP contribution < -0.4 is 9.64 Å². The standard InChI is InChI=1S/C21H16N2O2S4/c1-21(2)13-8-4-3-7-12(13)17-18(28-29-19(17)26)23(21)16(24)11-25-20-22-14-9-5-6-10-15(14)27-20/h3-10H,11H2,1-2H3. The number of nitrogens with zero attached hydrogens (tertiary/aromatic N) is 2. The second-order valence-electron chi connectivity index (χ2n) is 7.20. The number of benzene rings is 2. The van der Waals surface area contributed by atoms with Gasteiger partial charge in [-0.25, -0.2) is 4.98 Å². The van der Waals surface area contributed by atoms with Gasteiger partial charge in [0.2, 0.25) is 0 Å². The minimum Gasteiger partial charge on any atom is -0.460 e. The molecule has 1 aliphatic rings. The Morgan fingerprint density at radius 1 is 1.14 bits per heavy atom. The topological polar surface area (TPSA) is 42.4 Å². The number of anilines is 1. The molecule has 3 heterocycles. The van der Waals surface area contributed by atoms with Crippen LogP contribution in [0.3, 0.4) is 0 Å². The first-order valence-corrected chi connectivity index (χ1v) is 12.4. The van der Waals surface area contributed by atoms with Crippen LogP contribution in [0.4, 0.5) is 5.00 Å². The highest BCUT2D eigenvalue weighted by Crippen LogP contribution is 2.52. The molecule has 4 aromatic rings. The van der Waals surface area contributed by atoms with Crippen molar-refractivity contribution in [1.82, 2.24) is 4.98 Å². The van der Waals surface area contributed by atoms with Crippen LogP contribution in [0.5, 0.6) is 5.19 Å². The first-order chi connectivity index (χ1) is 14.0. The Balaban J connectivity index is 1.49. The highest BCUT2D eigenvalue weighted by atomic mass is 32.9. The molecule has 1 amide bonds. The molecule has 0 spiro atoms. The van der Waals surface area contributed by atoms with Crippen LogP contribution in [0.1, 0.15) is 19.4 Å². The smallest absolute Gasteiger partial charge is 0.274 e. The maximum absolute atomic E-state index is 13.3. The van der Waals surface area contributed by atoms with Crippen molar-refractivity contribution in [2.24, 2.45) is 0 Å². The number of hydrogen-bond acceptors (Lipinski definition) is 7. The maximum atomic E-state index is 13.3. The molecule has 0 aliphatic carbocycles. The largest absolute Gasteiger partial charge is 0.460 e. The van der Waals surface area contributed by atoms with Gasteiger partial charge < -0.3 is 4.74 Å². The molecule has 2 aromatic heterocycles. The molecule has 1 aliphatic heterocycles. The van der Waals surface area contributed by atoms with Gasteiger partial charge in [0.25, 0.3) is 11.1 Å². The maximum Gasteiger partial charge on any atom is 0.274 e. The van der Waals surface area contributed by atoms with Crippen molar-refractivity contribution < 1.29 is 9.53 Å². The summed E-state index contributed by atoms with van der Waals surface area (Å²) in [6.07, 6.45) is 0. The van der Waals surface area contributed by atoms with E-state index in [4.69, 9.17) is 17.0 Å². The average Bonchev–Trinajstić information content (AvgIpc) is 3.29. The van der Waals surface area contributed by atoms with Crippen molar-refractivity contribution >= 4 is 65.4 Å². The van der Waals surface area contributed by atoms with Gasteiger partial charge in [-0.2, -0.15) is 0 Å². The van der Waals surface area contributed by atoms with Crippen molar-refractivity contribution in [1.29, 1.82) is 0 Å². The van der Waals surface area contributed by atoms with Gasteiger partial charge in [-0.05, 0) is 37.1 Å². The van der Waals surface area contributed by atoms with Crippen molar-refractivity contribution in [2.75, 3.05) is 11.5 Å². The van der Waals surface area contributed by atoms with Crippen molar-refractivity contribution in [3.8, 4) is 16.3 Å². The third-order valence-corrected chi connectivity index (χ3v) is 9.00. The van der Waals surface area contributed by atoms with Crippen LogP contribution in [0.25, 0.3) is 21.3 Å². The third kappa shape index (κ3) is 3.02. The molecule has 2 aromatic carbocycles. The fourth-order valence-electron chi connectivity index (χ4n) is 3.76. The van der Waals surface area contributed by atoms with Crippen molar-refractivity contribution in [3.63, 3.8) is 0 Å². The number of amides is 1. The van der Waals surface area contributed by atoms with Crippen LogP contribution >= 0.6 is 44.2 Å². The number of ether oxygens (including phenoxy) is 1. The van der Waals surface area contributed by atoms with Crippen LogP contribution in [0.2, 0.25) is 0 Å². The summed E-state index contributed by atoms with van der Waals surface area (Å²) in [6, 6.07) is 16.0. The second-order valence-corrected chi connectivity index (χ2v) is 11.0. The van der Waals surface area contributed by atoms with E-state index in [1.165, 1.54) is 21.7 Å². The third-order valence-electron chi connectivity index (χ3n) is 5.07. The van der Waals surface area contributed by atoms with Gasteiger partial charge in [0.15, 0.2) is 6.61 Å². The number of para-hydroxylation sites is 1. The van der Waals surface area contributed by atoms with Gasteiger partial charge in [0, 0.05) is 5.56 Å². The molecule has 0 saturated carbocycles. The van der Waals surface area contributed by atoms with Gasteiger partial charge in [-0.15, -0.1) is 0 Å². The molecule has 0 bridgehead atoms. The summed E-state index contributed by atoms with van der Waals surface area (Å²) in [5, 5.41) is 1.41. The predicted molar refractivity (Wildman–Crippen MR) is 124 cm³/mol. The van der Waals surface area contributed by atoms with E-state index in [0.29, 0.717) is 5.19 Å². The lowest BCUT2D eigenvalue weighted by atomic mass is 9.83. The molecule has 0 atom stereocenters. The lowest BCUT2D eigenvalue weighted by Gasteiger charge is -2.42. The predicted octanol–water partition coefficient (Wildman–Crippen LogP) is 6.48. The average molecular weight is 457 g/mol. The van der Waals surface area contributed by atoms with Gasteiger partial charge in [-0.1, -0.05) is 80.6 Å². The number of aromatic nitrogens is 1. The van der Waals surface area contributed by atoms with E-state index in [1.54, 1.807) is 10.3 Å². The van der Waals surface area contributed by atoms with Crippen LogP contribution in [-0.4, -0.2) is 17.5 Å². The number of hydrogen-bond donors (Lipinski definition) is 0. The Bertz CT molecular complexity index is 1270. The van der Waals surface area contributed by atoms with E-state index in [2.05, 4.69) is 31.0 Å². The lowest BCUT2D eigenvalue weighted by Crippen LogP contribution is -2.49. The van der Waals surface area contributed by atoms with E-state index in [-0.39, 0.29) is 12.5 Å². The lowest BCUT2D eigenvalue weighted by molar-refractivity contribution is -0.121. The molecule has 8 heteroatoms. The van der Waals surface area contributed by atoms with Gasteiger partial charge in [-0.3, -0.25) is 9.69 Å². The first kappa shape index (κ1) is 18.9. The Kier molecular flexibility index (Phi) is 4.54. The number of rotatable bonds is 3. The summed E-state index contributed by atoms with van der Waals surface area (Å²) in [4.78, 5) is 19.6. The number of thiazole rings is 1. The quantitative estimate of drug-likeness (QED) is 0.261. The zero-order valence-corrected chi connectivity index (χ0v) is 18.9. The van der Waals surface area contributed by atoms with E-state index in [9.17, 15) is 4.79 Å². The molecule has 29 heavy (non-hydrogen) atoms. The molecular weight excluding hydrogens is 441 g/mol. The van der Waals surface area contributed by atoms with E-state index in [0.717, 1.165) is 35.7 Å². The fourth-order valence-corrected chi connectivity index (χ4v) is 7.55. The molecule has 5 rings (SSSR count). The van der Waals surface area contributed by atoms with Gasteiger partial charge in [0.1, 0.15) is 8.82 Å². The number of fused-ring (bicyclic) bond motifs is 4. The second kappa shape index (κ2) is 6.98. The molecule has 4 nitrogen and oxygen atoms in total. The summed E-state index contributed by atoms with van der Waals surface area (Å²) in [7, 11) is 3.09. The summed E-state index contributed by atoms with van der Waals surface area (Å²) in [5.74, 6) is -0.103. The van der Waals surface area contributed by atoms with E-state index < -0.39 is 5.54 Å². The van der Waals surface area contributed by atoms with Gasteiger partial charge in [0.05, 0.1) is 15.8 Å². The van der Waals surface area contributed by atoms with E-state index in [1.807, 2.05) is 41.3 Å². The first-order valence-electron chi connectivity index (χ1n) is 9.01. The molecule has 0 N–H and O–H groups in total. The van der Waals surface area contributed by atoms with Crippen LogP contribution in [-0.2, 0) is 10.3 Å². The van der Waals surface area contributed by atoms with Gasteiger partial charge >= 0.3 is 0 Å². The van der Waals surface area contributed by atoms with E-state index >= 15 is 0 Å². The summed E-state index contributed by atoms with van der Waals surface area (Å²) in [5.41, 5.74) is 3.57. The highest BCUT2D eigenvalue weighted by molar-refractivity contribution is 7.80. The molecular formula is C21H16N2O2S4. The van der Waals surface area contributed by atoms with Crippen LogP contribution in [0, 0.1) is 3.82 Å². The van der Waals surface area contributed by atoms with Crippen molar-refractivity contribution in [2.45, 2.75) is 19.4 Å². The monoisotopic (exact) mass is 456 g/mol. The Hall–Kier alpha value is -2.13. The zero-order chi connectivity index (χ0) is 20.2. The highest BCUT2D eigenvalue weighted by Gasteiger charge is 2.42. The minimum atomic E-state index is -0.503. The zero-order valence-electron chi connectivity index (χ0n) is 15.7. The molecule has 0 fully saturated rings. The molecule has 0 saturated heterocycles. The minimum absolute atomic E-state index is 0.0693. The molecule has 0 unspecified atom stereocenters. The van der Waals surface area contributed by atoms with Crippen LogP contribution in [0.15, 0.2) is 48.5 Å². The number of carbonyl (C=O) groups is 1. The van der Waals surface area contributed by atoms with Crippen molar-refractivity contribution in [3.05, 3.63) is 57.9 Å². The molecule has 146 valence electrons. The Morgan fingerprint density at radius 2 is 1.90 bits per heavy atom. The Morgan fingerprint density at radius 3 is 2.72 bits per heavy atom. The number of carbonyl (C=O) groups excluding carboxylic acids is 1. The summed E-state index contributed by atoms with van der Waals surface area (Å²) >= 11 is 7.04. The normalized spacial score (nSPS) is 14.5.